The third kappa shape index (κ3) is 5.85. The van der Waals surface area contributed by atoms with Gasteiger partial charge in [-0.1, -0.05) is 89.5 Å². The van der Waals surface area contributed by atoms with E-state index in [2.05, 4.69) is 112 Å². The Morgan fingerprint density at radius 1 is 0.645 bits per heavy atom. The smallest absolute Gasteiger partial charge is 0.144 e. The standard InChI is InChI=1S/C26H25Si.3ClH.Ti/c1-20-9-6-14-24(17-20)27(23-12-4-5-13-23,25-15-7-10-21(2)18-25)26-16-8-11-22(3)19-26;;;;/h4,6-12,14-19H,5H2,1-3H3;3*1H;/q-1;;;;. The first-order chi connectivity index (χ1) is 13.1. The Hall–Kier alpha value is -1.06. The van der Waals surface area contributed by atoms with Gasteiger partial charge in [-0.3, -0.25) is 6.08 Å². The number of hydrogen-bond acceptors (Lipinski definition) is 0. The number of allylic oxidation sites excluding steroid dienone is 4. The molecule has 0 radical (unpaired) electrons. The molecule has 4 rings (SSSR count). The molecule has 0 N–H and O–H groups in total. The summed E-state index contributed by atoms with van der Waals surface area (Å²) in [5.41, 5.74) is 3.94. The second-order valence-electron chi connectivity index (χ2n) is 7.56. The van der Waals surface area contributed by atoms with Gasteiger partial charge in [0.05, 0.1) is 0 Å². The molecule has 5 heteroatoms. The molecule has 0 spiro atoms. The Labute approximate surface area is 221 Å². The number of rotatable bonds is 4. The summed E-state index contributed by atoms with van der Waals surface area (Å²) < 4.78 is 0. The average molecular weight is 523 g/mol. The number of halogens is 3. The summed E-state index contributed by atoms with van der Waals surface area (Å²) in [4.78, 5) is 0. The van der Waals surface area contributed by atoms with Gasteiger partial charge in [-0.15, -0.1) is 43.6 Å². The maximum Gasteiger partial charge on any atom is 0.144 e. The van der Waals surface area contributed by atoms with E-state index in [-0.39, 0.29) is 58.9 Å². The molecule has 0 atom stereocenters. The Balaban J connectivity index is 0.00000225. The van der Waals surface area contributed by atoms with Crippen molar-refractivity contribution in [1.29, 1.82) is 0 Å². The molecule has 0 saturated carbocycles. The summed E-state index contributed by atoms with van der Waals surface area (Å²) in [7, 11) is -2.37. The summed E-state index contributed by atoms with van der Waals surface area (Å²) in [6.07, 6.45) is 9.20. The molecule has 0 amide bonds. The second kappa shape index (κ2) is 12.8. The maximum atomic E-state index is 3.72. The predicted octanol–water partition coefficient (Wildman–Crippen LogP) is 5.57. The van der Waals surface area contributed by atoms with Crippen LogP contribution in [0.1, 0.15) is 23.1 Å². The van der Waals surface area contributed by atoms with Crippen LogP contribution in [0.3, 0.4) is 0 Å². The Morgan fingerprint density at radius 3 is 1.32 bits per heavy atom. The molecule has 0 nitrogen and oxygen atoms in total. The van der Waals surface area contributed by atoms with Gasteiger partial charge in [0.25, 0.3) is 0 Å². The fourth-order valence-electron chi connectivity index (χ4n) is 4.26. The van der Waals surface area contributed by atoms with E-state index < -0.39 is 8.07 Å². The van der Waals surface area contributed by atoms with Gasteiger partial charge in [0.2, 0.25) is 0 Å². The summed E-state index contributed by atoms with van der Waals surface area (Å²) in [5, 5.41) is 5.69. The van der Waals surface area contributed by atoms with Crippen molar-refractivity contribution in [2.45, 2.75) is 27.2 Å². The van der Waals surface area contributed by atoms with Gasteiger partial charge in [0.15, 0.2) is 0 Å². The minimum Gasteiger partial charge on any atom is -0.273 e. The fourth-order valence-corrected chi connectivity index (χ4v) is 9.30. The largest absolute Gasteiger partial charge is 0.273 e. The predicted molar refractivity (Wildman–Crippen MR) is 140 cm³/mol. The average Bonchev–Trinajstić information content (AvgIpc) is 3.18. The van der Waals surface area contributed by atoms with Crippen LogP contribution in [0.2, 0.25) is 0 Å². The fraction of sp³-hybridized carbons (Fsp3) is 0.154. The second-order valence-corrected chi connectivity index (χ2v) is 11.3. The van der Waals surface area contributed by atoms with Gasteiger partial charge in [0.1, 0.15) is 8.07 Å². The first kappa shape index (κ1) is 29.9. The summed E-state index contributed by atoms with van der Waals surface area (Å²) >= 11 is 0. The first-order valence-electron chi connectivity index (χ1n) is 9.60. The third-order valence-corrected chi connectivity index (χ3v) is 10.1. The van der Waals surface area contributed by atoms with E-state index in [0.717, 1.165) is 6.42 Å². The van der Waals surface area contributed by atoms with E-state index in [1.807, 2.05) is 0 Å². The minimum atomic E-state index is -2.37. The molecule has 0 saturated heterocycles. The van der Waals surface area contributed by atoms with E-state index in [1.165, 1.54) is 37.4 Å². The molecule has 0 heterocycles. The zero-order valence-electron chi connectivity index (χ0n) is 18.0. The summed E-state index contributed by atoms with van der Waals surface area (Å²) in [5.74, 6) is 0. The van der Waals surface area contributed by atoms with Crippen LogP contribution in [0.15, 0.2) is 90.1 Å². The molecule has 1 aliphatic rings. The van der Waals surface area contributed by atoms with Crippen molar-refractivity contribution in [3.63, 3.8) is 0 Å². The third-order valence-electron chi connectivity index (χ3n) is 5.45. The van der Waals surface area contributed by atoms with Crippen LogP contribution >= 0.6 is 37.2 Å². The SMILES string of the molecule is Cc1cccc([Si](C2=[C-]CC=C2)(c2cccc(C)c2)c2cccc(C)c2)c1.Cl.Cl.Cl.[Ti]. The molecule has 0 bridgehead atoms. The van der Waals surface area contributed by atoms with Crippen LogP contribution in [-0.4, -0.2) is 8.07 Å². The van der Waals surface area contributed by atoms with Crippen LogP contribution < -0.4 is 15.6 Å². The van der Waals surface area contributed by atoms with Crippen LogP contribution in [0, 0.1) is 26.8 Å². The van der Waals surface area contributed by atoms with E-state index in [4.69, 9.17) is 0 Å². The molecule has 31 heavy (non-hydrogen) atoms. The Morgan fingerprint density at radius 2 is 1.03 bits per heavy atom. The van der Waals surface area contributed by atoms with Crippen LogP contribution in [0.4, 0.5) is 0 Å². The van der Waals surface area contributed by atoms with E-state index >= 15 is 0 Å². The summed E-state index contributed by atoms with van der Waals surface area (Å²) in [6.45, 7) is 6.58. The van der Waals surface area contributed by atoms with Crippen LogP contribution in [0.5, 0.6) is 0 Å². The van der Waals surface area contributed by atoms with E-state index in [1.54, 1.807) is 0 Å². The van der Waals surface area contributed by atoms with Crippen molar-refractivity contribution < 1.29 is 21.7 Å². The van der Waals surface area contributed by atoms with Crippen molar-refractivity contribution >= 4 is 60.9 Å². The molecule has 0 aromatic heterocycles. The molecule has 3 aromatic rings. The van der Waals surface area contributed by atoms with Gasteiger partial charge in [-0.05, 0) is 36.3 Å². The maximum absolute atomic E-state index is 3.72. The molecule has 3 aromatic carbocycles. The first-order valence-corrected chi connectivity index (χ1v) is 11.6. The number of aryl methyl sites for hydroxylation is 3. The topological polar surface area (TPSA) is 0 Å². The molecule has 0 unspecified atom stereocenters. The number of hydrogen-bond donors (Lipinski definition) is 0. The zero-order valence-corrected chi connectivity index (χ0v) is 23.0. The molecular formula is C26H28Cl3SiTi-. The van der Waals surface area contributed by atoms with Crippen molar-refractivity contribution in [3.05, 3.63) is 113 Å². The van der Waals surface area contributed by atoms with Gasteiger partial charge in [-0.25, -0.2) is 11.3 Å². The van der Waals surface area contributed by atoms with Gasteiger partial charge in [-0.2, -0.15) is 6.08 Å². The van der Waals surface area contributed by atoms with Crippen molar-refractivity contribution in [1.82, 2.24) is 0 Å². The molecule has 0 aliphatic heterocycles. The molecule has 1 aliphatic carbocycles. The van der Waals surface area contributed by atoms with Gasteiger partial charge < -0.3 is 0 Å². The monoisotopic (exact) mass is 521 g/mol. The van der Waals surface area contributed by atoms with E-state index in [9.17, 15) is 0 Å². The molecular weight excluding hydrogens is 495 g/mol. The van der Waals surface area contributed by atoms with Gasteiger partial charge in [0, 0.05) is 21.7 Å². The van der Waals surface area contributed by atoms with Crippen molar-refractivity contribution in [3.8, 4) is 0 Å². The Kier molecular flexibility index (Phi) is 12.4. The van der Waals surface area contributed by atoms with Crippen LogP contribution in [0.25, 0.3) is 0 Å². The van der Waals surface area contributed by atoms with Gasteiger partial charge >= 0.3 is 0 Å². The summed E-state index contributed by atoms with van der Waals surface area (Å²) in [6, 6.07) is 27.3. The normalized spacial score (nSPS) is 11.9. The minimum absolute atomic E-state index is 0. The Bertz CT molecular complexity index is 949. The molecule has 162 valence electrons. The molecule has 0 fully saturated rings. The van der Waals surface area contributed by atoms with E-state index in [0.29, 0.717) is 0 Å². The van der Waals surface area contributed by atoms with Crippen molar-refractivity contribution in [2.75, 3.05) is 0 Å². The van der Waals surface area contributed by atoms with Crippen LogP contribution in [-0.2, 0) is 21.7 Å². The zero-order chi connectivity index (χ0) is 18.9. The van der Waals surface area contributed by atoms with Crippen molar-refractivity contribution in [2.24, 2.45) is 0 Å². The number of benzene rings is 3. The quantitative estimate of drug-likeness (QED) is 0.239.